The Morgan fingerprint density at radius 2 is 1.96 bits per heavy atom. The summed E-state index contributed by atoms with van der Waals surface area (Å²) in [7, 11) is 0. The normalized spacial score (nSPS) is 17.3. The van der Waals surface area contributed by atoms with E-state index < -0.39 is 0 Å². The van der Waals surface area contributed by atoms with E-state index in [1.54, 1.807) is 6.20 Å². The molecule has 0 spiro atoms. The predicted molar refractivity (Wildman–Crippen MR) is 107 cm³/mol. The number of nitrogens with one attached hydrogen (secondary N) is 1. The van der Waals surface area contributed by atoms with Gasteiger partial charge in [0, 0.05) is 24.2 Å². The highest BCUT2D eigenvalue weighted by molar-refractivity contribution is 6.08. The summed E-state index contributed by atoms with van der Waals surface area (Å²) in [4.78, 5) is 19.7. The number of para-hydroxylation sites is 2. The monoisotopic (exact) mass is 345 g/mol. The maximum Gasteiger partial charge on any atom is 0.257 e. The van der Waals surface area contributed by atoms with Crippen LogP contribution in [-0.2, 0) is 0 Å². The SMILES string of the molecule is CC1CCCN(c2ccccc2C(=O)Nc2cnc3ccccc3c2)C1. The van der Waals surface area contributed by atoms with E-state index in [1.165, 1.54) is 12.8 Å². The van der Waals surface area contributed by atoms with Crippen LogP contribution in [0, 0.1) is 5.92 Å². The second-order valence-electron chi connectivity index (χ2n) is 7.08. The van der Waals surface area contributed by atoms with Crippen molar-refractivity contribution >= 4 is 28.2 Å². The van der Waals surface area contributed by atoms with E-state index in [1.807, 2.05) is 54.6 Å². The molecule has 1 saturated heterocycles. The molecule has 26 heavy (non-hydrogen) atoms. The zero-order valence-electron chi connectivity index (χ0n) is 15.0. The number of carbonyl (C=O) groups is 1. The molecular weight excluding hydrogens is 322 g/mol. The summed E-state index contributed by atoms with van der Waals surface area (Å²) in [6.45, 7) is 4.28. The van der Waals surface area contributed by atoms with Crippen LogP contribution in [0.3, 0.4) is 0 Å². The van der Waals surface area contributed by atoms with Crippen LogP contribution in [0.2, 0.25) is 0 Å². The Labute approximate surface area is 153 Å². The van der Waals surface area contributed by atoms with E-state index in [2.05, 4.69) is 22.1 Å². The van der Waals surface area contributed by atoms with Gasteiger partial charge >= 0.3 is 0 Å². The molecule has 2 aromatic carbocycles. The lowest BCUT2D eigenvalue weighted by atomic mass is 9.98. The van der Waals surface area contributed by atoms with Crippen molar-refractivity contribution in [2.24, 2.45) is 5.92 Å². The molecule has 1 atom stereocenters. The Bertz CT molecular complexity index is 937. The van der Waals surface area contributed by atoms with Crippen molar-refractivity contribution in [2.75, 3.05) is 23.3 Å². The van der Waals surface area contributed by atoms with Crippen LogP contribution in [0.25, 0.3) is 10.9 Å². The molecule has 4 nitrogen and oxygen atoms in total. The van der Waals surface area contributed by atoms with Crippen molar-refractivity contribution in [3.05, 3.63) is 66.4 Å². The van der Waals surface area contributed by atoms with Crippen molar-refractivity contribution in [1.29, 1.82) is 0 Å². The third-order valence-electron chi connectivity index (χ3n) is 4.99. The standard InChI is InChI=1S/C22H23N3O/c1-16-7-6-12-25(15-16)21-11-5-3-9-19(21)22(26)24-18-13-17-8-2-4-10-20(17)23-14-18/h2-5,8-11,13-14,16H,6-7,12,15H2,1H3,(H,24,26). The van der Waals surface area contributed by atoms with Crippen molar-refractivity contribution in [3.63, 3.8) is 0 Å². The van der Waals surface area contributed by atoms with E-state index in [9.17, 15) is 4.79 Å². The van der Waals surface area contributed by atoms with Gasteiger partial charge in [-0.1, -0.05) is 37.3 Å². The molecule has 1 aromatic heterocycles. The first-order valence-electron chi connectivity index (χ1n) is 9.21. The minimum Gasteiger partial charge on any atom is -0.371 e. The summed E-state index contributed by atoms with van der Waals surface area (Å²) in [5.74, 6) is 0.570. The summed E-state index contributed by atoms with van der Waals surface area (Å²) < 4.78 is 0. The van der Waals surface area contributed by atoms with Gasteiger partial charge in [-0.15, -0.1) is 0 Å². The van der Waals surface area contributed by atoms with Gasteiger partial charge in [-0.3, -0.25) is 9.78 Å². The summed E-state index contributed by atoms with van der Waals surface area (Å²) in [5, 5.41) is 4.03. The average molecular weight is 345 g/mol. The molecule has 3 aromatic rings. The highest BCUT2D eigenvalue weighted by Gasteiger charge is 2.21. The Hall–Kier alpha value is -2.88. The zero-order valence-corrected chi connectivity index (χ0v) is 15.0. The molecule has 0 aliphatic carbocycles. The number of rotatable bonds is 3. The molecule has 1 aliphatic heterocycles. The van der Waals surface area contributed by atoms with Crippen molar-refractivity contribution in [2.45, 2.75) is 19.8 Å². The summed E-state index contributed by atoms with van der Waals surface area (Å²) in [5.41, 5.74) is 3.38. The number of fused-ring (bicyclic) bond motifs is 1. The first-order chi connectivity index (χ1) is 12.7. The molecule has 0 saturated carbocycles. The molecule has 4 heteroatoms. The smallest absolute Gasteiger partial charge is 0.257 e. The van der Waals surface area contributed by atoms with Gasteiger partial charge in [-0.05, 0) is 43.0 Å². The van der Waals surface area contributed by atoms with Gasteiger partial charge in [-0.25, -0.2) is 0 Å². The number of hydrogen-bond acceptors (Lipinski definition) is 3. The molecule has 1 amide bonds. The van der Waals surface area contributed by atoms with E-state index in [0.717, 1.165) is 40.9 Å². The van der Waals surface area contributed by atoms with Gasteiger partial charge in [0.25, 0.3) is 5.91 Å². The fraction of sp³-hybridized carbons (Fsp3) is 0.273. The van der Waals surface area contributed by atoms with Crippen LogP contribution < -0.4 is 10.2 Å². The summed E-state index contributed by atoms with van der Waals surface area (Å²) in [6.07, 6.45) is 4.14. The zero-order chi connectivity index (χ0) is 17.9. The lowest BCUT2D eigenvalue weighted by Crippen LogP contribution is -2.35. The minimum atomic E-state index is -0.0871. The van der Waals surface area contributed by atoms with E-state index in [0.29, 0.717) is 5.92 Å². The maximum atomic E-state index is 12.9. The van der Waals surface area contributed by atoms with E-state index >= 15 is 0 Å². The van der Waals surface area contributed by atoms with Gasteiger partial charge in [-0.2, -0.15) is 0 Å². The molecule has 1 N–H and O–H groups in total. The topological polar surface area (TPSA) is 45.2 Å². The van der Waals surface area contributed by atoms with E-state index in [-0.39, 0.29) is 5.91 Å². The number of carbonyl (C=O) groups excluding carboxylic acids is 1. The molecule has 0 bridgehead atoms. The van der Waals surface area contributed by atoms with Gasteiger partial charge in [0.2, 0.25) is 0 Å². The number of nitrogens with zero attached hydrogens (tertiary/aromatic N) is 2. The lowest BCUT2D eigenvalue weighted by molar-refractivity contribution is 0.102. The molecule has 0 radical (unpaired) electrons. The Morgan fingerprint density at radius 1 is 1.15 bits per heavy atom. The Kier molecular flexibility index (Phi) is 4.57. The highest BCUT2D eigenvalue weighted by atomic mass is 16.1. The molecule has 1 aliphatic rings. The maximum absolute atomic E-state index is 12.9. The highest BCUT2D eigenvalue weighted by Crippen LogP contribution is 2.27. The molecule has 2 heterocycles. The fourth-order valence-electron chi connectivity index (χ4n) is 3.69. The third kappa shape index (κ3) is 3.40. The quantitative estimate of drug-likeness (QED) is 0.747. The summed E-state index contributed by atoms with van der Waals surface area (Å²) in [6, 6.07) is 17.7. The van der Waals surface area contributed by atoms with Crippen molar-refractivity contribution in [1.82, 2.24) is 4.98 Å². The van der Waals surface area contributed by atoms with Crippen LogP contribution in [0.5, 0.6) is 0 Å². The van der Waals surface area contributed by atoms with Crippen LogP contribution in [0.15, 0.2) is 60.8 Å². The van der Waals surface area contributed by atoms with Gasteiger partial charge in [0.05, 0.1) is 23.0 Å². The van der Waals surface area contributed by atoms with E-state index in [4.69, 9.17) is 0 Å². The first-order valence-corrected chi connectivity index (χ1v) is 9.21. The minimum absolute atomic E-state index is 0.0871. The van der Waals surface area contributed by atoms with Crippen LogP contribution in [0.4, 0.5) is 11.4 Å². The van der Waals surface area contributed by atoms with Gasteiger partial charge in [0.15, 0.2) is 0 Å². The second-order valence-corrected chi connectivity index (χ2v) is 7.08. The number of hydrogen-bond donors (Lipinski definition) is 1. The van der Waals surface area contributed by atoms with Gasteiger partial charge < -0.3 is 10.2 Å². The van der Waals surface area contributed by atoms with Crippen LogP contribution >= 0.6 is 0 Å². The molecule has 132 valence electrons. The number of aromatic nitrogens is 1. The van der Waals surface area contributed by atoms with Gasteiger partial charge in [0.1, 0.15) is 0 Å². The molecule has 1 unspecified atom stereocenters. The van der Waals surface area contributed by atoms with Crippen LogP contribution in [0.1, 0.15) is 30.1 Å². The first kappa shape index (κ1) is 16.6. The summed E-state index contributed by atoms with van der Waals surface area (Å²) >= 11 is 0. The number of pyridine rings is 1. The molecular formula is C22H23N3O. The predicted octanol–water partition coefficient (Wildman–Crippen LogP) is 4.72. The van der Waals surface area contributed by atoms with Crippen LogP contribution in [-0.4, -0.2) is 24.0 Å². The third-order valence-corrected chi connectivity index (χ3v) is 4.99. The Morgan fingerprint density at radius 3 is 2.85 bits per heavy atom. The number of benzene rings is 2. The fourth-order valence-corrected chi connectivity index (χ4v) is 3.69. The van der Waals surface area contributed by atoms with Crippen molar-refractivity contribution in [3.8, 4) is 0 Å². The second kappa shape index (κ2) is 7.16. The molecule has 4 rings (SSSR count). The lowest BCUT2D eigenvalue weighted by Gasteiger charge is -2.33. The Balaban J connectivity index is 1.59. The molecule has 1 fully saturated rings. The average Bonchev–Trinajstić information content (AvgIpc) is 2.68. The number of piperidine rings is 1. The van der Waals surface area contributed by atoms with Crippen molar-refractivity contribution < 1.29 is 4.79 Å². The largest absolute Gasteiger partial charge is 0.371 e. The number of amides is 1. The number of anilines is 2.